The van der Waals surface area contributed by atoms with Crippen LogP contribution in [-0.2, 0) is 11.2 Å². The molecule has 1 aliphatic rings. The number of hydrogen-bond acceptors (Lipinski definition) is 8. The second kappa shape index (κ2) is 8.40. The third-order valence-corrected chi connectivity index (χ3v) is 5.58. The molecule has 142 valence electrons. The minimum Gasteiger partial charge on any atom is -0.354 e. The van der Waals surface area contributed by atoms with Crippen LogP contribution in [0.3, 0.4) is 0 Å². The maximum absolute atomic E-state index is 12.3. The van der Waals surface area contributed by atoms with Crippen molar-refractivity contribution in [1.29, 1.82) is 0 Å². The van der Waals surface area contributed by atoms with Crippen LogP contribution in [-0.4, -0.2) is 55.8 Å². The van der Waals surface area contributed by atoms with Crippen molar-refractivity contribution < 1.29 is 9.32 Å². The second-order valence-corrected chi connectivity index (χ2v) is 7.40. The number of nitrogens with one attached hydrogen (secondary N) is 2. The molecule has 0 bridgehead atoms. The predicted octanol–water partition coefficient (Wildman–Crippen LogP) is 1.80. The van der Waals surface area contributed by atoms with Crippen molar-refractivity contribution in [3.63, 3.8) is 0 Å². The summed E-state index contributed by atoms with van der Waals surface area (Å²) in [6.45, 7) is 2.79. The number of H-pyrrole nitrogens is 1. The number of aromatic nitrogens is 5. The lowest BCUT2D eigenvalue weighted by Crippen LogP contribution is -2.36. The average Bonchev–Trinajstić information content (AvgIpc) is 3.49. The maximum Gasteiger partial charge on any atom is 0.239 e. The van der Waals surface area contributed by atoms with E-state index in [2.05, 4.69) is 53.1 Å². The summed E-state index contributed by atoms with van der Waals surface area (Å²) in [5.74, 6) is 1.18. The fourth-order valence-corrected chi connectivity index (χ4v) is 4.09. The van der Waals surface area contributed by atoms with E-state index in [0.717, 1.165) is 13.1 Å². The van der Waals surface area contributed by atoms with Crippen molar-refractivity contribution in [1.82, 2.24) is 35.5 Å². The third-order valence-electron chi connectivity index (χ3n) is 4.61. The zero-order chi connectivity index (χ0) is 18.5. The predicted molar refractivity (Wildman–Crippen MR) is 98.9 cm³/mol. The molecule has 4 heterocycles. The first-order chi connectivity index (χ1) is 13.3. The van der Waals surface area contributed by atoms with Gasteiger partial charge in [-0.05, 0) is 37.4 Å². The standard InChI is InChI=1S/C17H21N7O2S/c25-14(5-6-15-21-17(23-26-15)16-19-11-20-22-16)18-10-12(13-4-3-9-27-13)24-7-1-2-8-24/h3-4,9,11-12H,1-2,5-8,10H2,(H,18,25)(H,19,20,22)/t12-/m1/s1. The monoisotopic (exact) mass is 387 g/mol. The van der Waals surface area contributed by atoms with Crippen molar-refractivity contribution in [2.24, 2.45) is 0 Å². The molecule has 0 radical (unpaired) electrons. The molecule has 3 aromatic heterocycles. The average molecular weight is 387 g/mol. The lowest BCUT2D eigenvalue weighted by Gasteiger charge is -2.26. The van der Waals surface area contributed by atoms with Crippen LogP contribution in [0.4, 0.5) is 0 Å². The number of hydrogen-bond donors (Lipinski definition) is 2. The number of aryl methyl sites for hydroxylation is 1. The minimum absolute atomic E-state index is 0.0184. The number of thiophene rings is 1. The van der Waals surface area contributed by atoms with Crippen molar-refractivity contribution in [2.45, 2.75) is 31.7 Å². The highest BCUT2D eigenvalue weighted by Gasteiger charge is 2.24. The Bertz CT molecular complexity index is 841. The zero-order valence-electron chi connectivity index (χ0n) is 14.8. The summed E-state index contributed by atoms with van der Waals surface area (Å²) in [4.78, 5) is 24.2. The van der Waals surface area contributed by atoms with Gasteiger partial charge in [0.1, 0.15) is 6.33 Å². The molecule has 0 aromatic carbocycles. The third kappa shape index (κ3) is 4.40. The van der Waals surface area contributed by atoms with Gasteiger partial charge in [0.05, 0.1) is 6.04 Å². The number of carbonyl (C=O) groups excluding carboxylic acids is 1. The number of carbonyl (C=O) groups is 1. The van der Waals surface area contributed by atoms with Gasteiger partial charge in [0.25, 0.3) is 0 Å². The highest BCUT2D eigenvalue weighted by atomic mass is 32.1. The Kier molecular flexibility index (Phi) is 5.54. The molecule has 0 aliphatic carbocycles. The van der Waals surface area contributed by atoms with Crippen molar-refractivity contribution in [3.8, 4) is 11.6 Å². The van der Waals surface area contributed by atoms with E-state index < -0.39 is 0 Å². The topological polar surface area (TPSA) is 113 Å². The number of rotatable bonds is 8. The Morgan fingerprint density at radius 2 is 2.30 bits per heavy atom. The first-order valence-electron chi connectivity index (χ1n) is 9.02. The highest BCUT2D eigenvalue weighted by Crippen LogP contribution is 2.27. The van der Waals surface area contributed by atoms with Gasteiger partial charge in [0.15, 0.2) is 5.82 Å². The second-order valence-electron chi connectivity index (χ2n) is 6.42. The Morgan fingerprint density at radius 1 is 1.41 bits per heavy atom. The number of amides is 1. The van der Waals surface area contributed by atoms with Gasteiger partial charge in [-0.25, -0.2) is 4.98 Å². The molecule has 1 fully saturated rings. The van der Waals surface area contributed by atoms with Gasteiger partial charge >= 0.3 is 0 Å². The lowest BCUT2D eigenvalue weighted by molar-refractivity contribution is -0.121. The quantitative estimate of drug-likeness (QED) is 0.606. The Morgan fingerprint density at radius 3 is 3.04 bits per heavy atom. The van der Waals surface area contributed by atoms with Crippen molar-refractivity contribution >= 4 is 17.2 Å². The zero-order valence-corrected chi connectivity index (χ0v) is 15.6. The number of nitrogens with zero attached hydrogens (tertiary/aromatic N) is 5. The van der Waals surface area contributed by atoms with Crippen LogP contribution in [0, 0.1) is 0 Å². The maximum atomic E-state index is 12.3. The van der Waals surface area contributed by atoms with Gasteiger partial charge in [-0.15, -0.1) is 11.3 Å². The smallest absolute Gasteiger partial charge is 0.239 e. The van der Waals surface area contributed by atoms with Gasteiger partial charge in [0.2, 0.25) is 17.6 Å². The van der Waals surface area contributed by atoms with E-state index in [4.69, 9.17) is 4.52 Å². The summed E-state index contributed by atoms with van der Waals surface area (Å²) in [6.07, 6.45) is 4.51. The van der Waals surface area contributed by atoms with E-state index >= 15 is 0 Å². The van der Waals surface area contributed by atoms with Crippen LogP contribution >= 0.6 is 11.3 Å². The molecule has 0 unspecified atom stereocenters. The SMILES string of the molecule is O=C(CCc1nc(-c2ncn[nH]2)no1)NC[C@H](c1cccs1)N1CCCC1. The summed E-state index contributed by atoms with van der Waals surface area (Å²) in [5.41, 5.74) is 0. The van der Waals surface area contributed by atoms with Crippen LogP contribution in [0.2, 0.25) is 0 Å². The molecule has 10 heteroatoms. The molecule has 1 aliphatic heterocycles. The summed E-state index contributed by atoms with van der Waals surface area (Å²) in [6, 6.07) is 4.45. The molecule has 4 rings (SSSR count). The largest absolute Gasteiger partial charge is 0.354 e. The fraction of sp³-hybridized carbons (Fsp3) is 0.471. The fourth-order valence-electron chi connectivity index (χ4n) is 3.23. The van der Waals surface area contributed by atoms with Gasteiger partial charge in [-0.1, -0.05) is 11.2 Å². The van der Waals surface area contributed by atoms with Gasteiger partial charge in [-0.3, -0.25) is 14.8 Å². The van der Waals surface area contributed by atoms with E-state index in [1.165, 1.54) is 24.0 Å². The summed E-state index contributed by atoms with van der Waals surface area (Å²) < 4.78 is 5.17. The molecule has 27 heavy (non-hydrogen) atoms. The van der Waals surface area contributed by atoms with Gasteiger partial charge in [-0.2, -0.15) is 10.1 Å². The first-order valence-corrected chi connectivity index (χ1v) is 9.90. The van der Waals surface area contributed by atoms with Crippen LogP contribution in [0.5, 0.6) is 0 Å². The summed E-state index contributed by atoms with van der Waals surface area (Å²) >= 11 is 1.74. The summed E-state index contributed by atoms with van der Waals surface area (Å²) in [7, 11) is 0. The molecule has 0 spiro atoms. The first kappa shape index (κ1) is 17.8. The van der Waals surface area contributed by atoms with E-state index in [1.807, 2.05) is 0 Å². The molecule has 1 amide bonds. The van der Waals surface area contributed by atoms with E-state index in [9.17, 15) is 4.79 Å². The Balaban J connectivity index is 1.28. The number of likely N-dealkylation sites (tertiary alicyclic amines) is 1. The molecule has 0 saturated carbocycles. The van der Waals surface area contributed by atoms with Gasteiger partial charge in [0, 0.05) is 24.3 Å². The molecule has 9 nitrogen and oxygen atoms in total. The number of aromatic amines is 1. The molecular weight excluding hydrogens is 366 g/mol. The van der Waals surface area contributed by atoms with E-state index in [-0.39, 0.29) is 11.9 Å². The van der Waals surface area contributed by atoms with Crippen molar-refractivity contribution in [2.75, 3.05) is 19.6 Å². The van der Waals surface area contributed by atoms with Crippen LogP contribution in [0.15, 0.2) is 28.4 Å². The Hall–Kier alpha value is -2.59. The lowest BCUT2D eigenvalue weighted by atomic mass is 10.2. The van der Waals surface area contributed by atoms with E-state index in [0.29, 0.717) is 36.9 Å². The molecule has 1 atom stereocenters. The van der Waals surface area contributed by atoms with Crippen LogP contribution in [0.1, 0.15) is 36.1 Å². The normalized spacial score (nSPS) is 15.9. The Labute approximate surface area is 160 Å². The van der Waals surface area contributed by atoms with Crippen LogP contribution in [0.25, 0.3) is 11.6 Å². The summed E-state index contributed by atoms with van der Waals surface area (Å²) in [5, 5.41) is 15.4. The minimum atomic E-state index is -0.0184. The van der Waals surface area contributed by atoms with Gasteiger partial charge < -0.3 is 9.84 Å². The highest BCUT2D eigenvalue weighted by molar-refractivity contribution is 7.10. The molecule has 2 N–H and O–H groups in total. The van der Waals surface area contributed by atoms with E-state index in [1.54, 1.807) is 11.3 Å². The molecule has 1 saturated heterocycles. The molecule has 3 aromatic rings. The van der Waals surface area contributed by atoms with Crippen molar-refractivity contribution in [3.05, 3.63) is 34.6 Å². The van der Waals surface area contributed by atoms with Crippen LogP contribution < -0.4 is 5.32 Å². The molecular formula is C17H21N7O2S.